The number of nitrogens with one attached hydrogen (secondary N) is 1. The van der Waals surface area contributed by atoms with Crippen LogP contribution >= 0.6 is 0 Å². The van der Waals surface area contributed by atoms with E-state index in [9.17, 15) is 18.4 Å². The SMILES string of the molecule is O=C(NCCCC(F)F)[C@@H]1c2ccccc2C(=O)N1C(c1ccccc1)c1ccccc1. The average Bonchev–Trinajstić information content (AvgIpc) is 3.11. The van der Waals surface area contributed by atoms with E-state index in [1.807, 2.05) is 60.7 Å². The van der Waals surface area contributed by atoms with Crippen LogP contribution in [0.1, 0.15) is 52.0 Å². The van der Waals surface area contributed by atoms with Gasteiger partial charge in [0.05, 0.1) is 6.04 Å². The Morgan fingerprint density at radius 3 is 2.03 bits per heavy atom. The Bertz CT molecular complexity index is 1030. The summed E-state index contributed by atoms with van der Waals surface area (Å²) in [7, 11) is 0. The Hall–Kier alpha value is -3.54. The number of benzene rings is 3. The number of halogens is 2. The molecule has 2 amide bonds. The molecule has 1 atom stereocenters. The molecule has 1 heterocycles. The van der Waals surface area contributed by atoms with E-state index in [-0.39, 0.29) is 31.2 Å². The van der Waals surface area contributed by atoms with Crippen molar-refractivity contribution in [2.45, 2.75) is 31.4 Å². The van der Waals surface area contributed by atoms with Gasteiger partial charge in [-0.05, 0) is 29.2 Å². The van der Waals surface area contributed by atoms with E-state index >= 15 is 0 Å². The lowest BCUT2D eigenvalue weighted by Crippen LogP contribution is -2.41. The highest BCUT2D eigenvalue weighted by atomic mass is 19.3. The number of rotatable bonds is 8. The Kier molecular flexibility index (Phi) is 6.59. The van der Waals surface area contributed by atoms with Crippen LogP contribution < -0.4 is 5.32 Å². The van der Waals surface area contributed by atoms with Crippen LogP contribution in [0.2, 0.25) is 0 Å². The van der Waals surface area contributed by atoms with E-state index in [2.05, 4.69) is 5.32 Å². The monoisotopic (exact) mass is 434 g/mol. The van der Waals surface area contributed by atoms with Crippen molar-refractivity contribution in [3.63, 3.8) is 0 Å². The second-order valence-electron chi connectivity index (χ2n) is 7.75. The van der Waals surface area contributed by atoms with Gasteiger partial charge in [-0.15, -0.1) is 0 Å². The topological polar surface area (TPSA) is 49.4 Å². The van der Waals surface area contributed by atoms with Crippen LogP contribution in [0.4, 0.5) is 8.78 Å². The van der Waals surface area contributed by atoms with E-state index in [0.29, 0.717) is 11.1 Å². The van der Waals surface area contributed by atoms with Crippen molar-refractivity contribution in [3.8, 4) is 0 Å². The first kappa shape index (κ1) is 21.7. The van der Waals surface area contributed by atoms with E-state index < -0.39 is 18.5 Å². The van der Waals surface area contributed by atoms with Gasteiger partial charge in [0.1, 0.15) is 6.04 Å². The minimum atomic E-state index is -2.40. The molecule has 1 aliphatic heterocycles. The number of fused-ring (bicyclic) bond motifs is 1. The average molecular weight is 434 g/mol. The van der Waals surface area contributed by atoms with Gasteiger partial charge in [0.25, 0.3) is 5.91 Å². The molecule has 0 spiro atoms. The molecule has 0 aliphatic carbocycles. The number of hydrogen-bond acceptors (Lipinski definition) is 2. The second-order valence-corrected chi connectivity index (χ2v) is 7.75. The molecular formula is C26H24F2N2O2. The smallest absolute Gasteiger partial charge is 0.255 e. The summed E-state index contributed by atoms with van der Waals surface area (Å²) in [6.07, 6.45) is -2.51. The lowest BCUT2D eigenvalue weighted by molar-refractivity contribution is -0.126. The Labute approximate surface area is 185 Å². The zero-order valence-electron chi connectivity index (χ0n) is 17.5. The van der Waals surface area contributed by atoms with Crippen molar-refractivity contribution in [3.05, 3.63) is 107 Å². The summed E-state index contributed by atoms with van der Waals surface area (Å²) in [5.41, 5.74) is 2.88. The Balaban J connectivity index is 1.73. The van der Waals surface area contributed by atoms with Crippen LogP contribution in [0.25, 0.3) is 0 Å². The fourth-order valence-corrected chi connectivity index (χ4v) is 4.22. The van der Waals surface area contributed by atoms with Crippen molar-refractivity contribution >= 4 is 11.8 Å². The molecule has 3 aromatic carbocycles. The summed E-state index contributed by atoms with van der Waals surface area (Å²) < 4.78 is 25.0. The van der Waals surface area contributed by atoms with Crippen LogP contribution in [0.5, 0.6) is 0 Å². The quantitative estimate of drug-likeness (QED) is 0.500. The molecule has 1 aliphatic rings. The van der Waals surface area contributed by atoms with Crippen molar-refractivity contribution < 1.29 is 18.4 Å². The number of carbonyl (C=O) groups excluding carboxylic acids is 2. The van der Waals surface area contributed by atoms with Gasteiger partial charge in [-0.3, -0.25) is 9.59 Å². The number of amides is 2. The molecule has 0 fully saturated rings. The third kappa shape index (κ3) is 4.40. The molecule has 0 unspecified atom stereocenters. The summed E-state index contributed by atoms with van der Waals surface area (Å²) >= 11 is 0. The predicted octanol–water partition coefficient (Wildman–Crippen LogP) is 5.13. The first-order chi connectivity index (χ1) is 15.6. The normalized spacial score (nSPS) is 15.3. The summed E-state index contributed by atoms with van der Waals surface area (Å²) in [4.78, 5) is 28.5. The highest BCUT2D eigenvalue weighted by Gasteiger charge is 2.45. The van der Waals surface area contributed by atoms with Gasteiger partial charge in [0.2, 0.25) is 12.3 Å². The second kappa shape index (κ2) is 9.73. The fourth-order valence-electron chi connectivity index (χ4n) is 4.22. The largest absolute Gasteiger partial charge is 0.354 e. The van der Waals surface area contributed by atoms with Crippen LogP contribution in [0.15, 0.2) is 84.9 Å². The Morgan fingerprint density at radius 1 is 0.875 bits per heavy atom. The lowest BCUT2D eigenvalue weighted by Gasteiger charge is -2.33. The molecule has 0 saturated heterocycles. The molecule has 3 aromatic rings. The van der Waals surface area contributed by atoms with Gasteiger partial charge in [-0.25, -0.2) is 8.78 Å². The highest BCUT2D eigenvalue weighted by Crippen LogP contribution is 2.42. The van der Waals surface area contributed by atoms with E-state index in [0.717, 1.165) is 11.1 Å². The van der Waals surface area contributed by atoms with Gasteiger partial charge in [-0.2, -0.15) is 0 Å². The fraction of sp³-hybridized carbons (Fsp3) is 0.231. The molecule has 0 bridgehead atoms. The number of alkyl halides is 2. The summed E-state index contributed by atoms with van der Waals surface area (Å²) in [5, 5.41) is 2.76. The number of hydrogen-bond donors (Lipinski definition) is 1. The van der Waals surface area contributed by atoms with E-state index in [1.165, 1.54) is 0 Å². The molecule has 0 radical (unpaired) electrons. The minimum absolute atomic E-state index is 0.130. The van der Waals surface area contributed by atoms with E-state index in [1.54, 1.807) is 29.2 Å². The maximum Gasteiger partial charge on any atom is 0.255 e. The maximum absolute atomic E-state index is 13.6. The first-order valence-corrected chi connectivity index (χ1v) is 10.6. The number of nitrogens with zero attached hydrogens (tertiary/aromatic N) is 1. The molecule has 0 saturated carbocycles. The predicted molar refractivity (Wildman–Crippen MR) is 118 cm³/mol. The van der Waals surface area contributed by atoms with Crippen molar-refractivity contribution in [2.24, 2.45) is 0 Å². The number of carbonyl (C=O) groups is 2. The van der Waals surface area contributed by atoms with Crippen LogP contribution in [-0.4, -0.2) is 29.7 Å². The van der Waals surface area contributed by atoms with E-state index in [4.69, 9.17) is 0 Å². The molecule has 0 aromatic heterocycles. The molecule has 6 heteroatoms. The van der Waals surface area contributed by atoms with Gasteiger partial charge < -0.3 is 10.2 Å². The van der Waals surface area contributed by atoms with Crippen LogP contribution in [0, 0.1) is 0 Å². The maximum atomic E-state index is 13.6. The standard InChI is InChI=1S/C26H24F2N2O2/c27-22(28)16-9-17-29-25(31)24-20-14-7-8-15-21(20)26(32)30(24)23(18-10-3-1-4-11-18)19-12-5-2-6-13-19/h1-8,10-15,22-24H,9,16-17H2,(H,29,31)/t24-/m0/s1. The first-order valence-electron chi connectivity index (χ1n) is 10.6. The highest BCUT2D eigenvalue weighted by molar-refractivity contribution is 6.05. The van der Waals surface area contributed by atoms with Crippen molar-refractivity contribution in [1.29, 1.82) is 0 Å². The molecular weight excluding hydrogens is 410 g/mol. The van der Waals surface area contributed by atoms with Gasteiger partial charge >= 0.3 is 0 Å². The summed E-state index contributed by atoms with van der Waals surface area (Å²) in [6.45, 7) is 0.130. The third-order valence-electron chi connectivity index (χ3n) is 5.65. The van der Waals surface area contributed by atoms with Crippen LogP contribution in [0.3, 0.4) is 0 Å². The van der Waals surface area contributed by atoms with Crippen molar-refractivity contribution in [1.82, 2.24) is 10.2 Å². The van der Waals surface area contributed by atoms with Crippen LogP contribution in [-0.2, 0) is 4.79 Å². The third-order valence-corrected chi connectivity index (χ3v) is 5.65. The van der Waals surface area contributed by atoms with Gasteiger partial charge in [0.15, 0.2) is 0 Å². The molecule has 4 rings (SSSR count). The lowest BCUT2D eigenvalue weighted by atomic mass is 9.95. The molecule has 1 N–H and O–H groups in total. The van der Waals surface area contributed by atoms with Crippen molar-refractivity contribution in [2.75, 3.05) is 6.54 Å². The summed E-state index contributed by atoms with van der Waals surface area (Å²) in [5.74, 6) is -0.597. The summed E-state index contributed by atoms with van der Waals surface area (Å²) in [6, 6.07) is 24.9. The van der Waals surface area contributed by atoms with Gasteiger partial charge in [-0.1, -0.05) is 78.9 Å². The minimum Gasteiger partial charge on any atom is -0.354 e. The zero-order valence-corrected chi connectivity index (χ0v) is 17.5. The molecule has 4 nitrogen and oxygen atoms in total. The van der Waals surface area contributed by atoms with Gasteiger partial charge in [0, 0.05) is 18.5 Å². The molecule has 32 heavy (non-hydrogen) atoms. The Morgan fingerprint density at radius 2 is 1.44 bits per heavy atom. The molecule has 164 valence electrons. The zero-order chi connectivity index (χ0) is 22.5.